The molecule has 1 aliphatic rings. The number of piperazine rings is 1. The van der Waals surface area contributed by atoms with Crippen LogP contribution in [0.2, 0.25) is 10.0 Å². The molecule has 4 heteroatoms. The number of rotatable bonds is 3. The molecule has 1 fully saturated rings. The van der Waals surface area contributed by atoms with Crippen LogP contribution in [0.4, 0.5) is 0 Å². The van der Waals surface area contributed by atoms with E-state index in [0.717, 1.165) is 32.7 Å². The first-order valence-corrected chi connectivity index (χ1v) is 7.22. The minimum Gasteiger partial charge on any atom is -0.298 e. The van der Waals surface area contributed by atoms with Crippen LogP contribution < -0.4 is 0 Å². The molecule has 1 aliphatic heterocycles. The van der Waals surface area contributed by atoms with Gasteiger partial charge in [-0.3, -0.25) is 9.80 Å². The lowest BCUT2D eigenvalue weighted by molar-refractivity contribution is 0.104. The van der Waals surface area contributed by atoms with E-state index in [0.29, 0.717) is 16.1 Å². The molecule has 18 heavy (non-hydrogen) atoms. The summed E-state index contributed by atoms with van der Waals surface area (Å²) in [5.41, 5.74) is 1.24. The average molecular weight is 287 g/mol. The van der Waals surface area contributed by atoms with Gasteiger partial charge in [-0.15, -0.1) is 0 Å². The van der Waals surface area contributed by atoms with Gasteiger partial charge in [0.25, 0.3) is 0 Å². The molecule has 0 N–H and O–H groups in total. The van der Waals surface area contributed by atoms with Crippen molar-refractivity contribution in [1.29, 1.82) is 0 Å². The molecule has 1 saturated heterocycles. The molecule has 2 rings (SSSR count). The Morgan fingerprint density at radius 2 is 1.72 bits per heavy atom. The molecular formula is C14H20Cl2N2. The van der Waals surface area contributed by atoms with Gasteiger partial charge in [0, 0.05) is 38.8 Å². The molecule has 0 unspecified atom stereocenters. The third kappa shape index (κ3) is 3.61. The van der Waals surface area contributed by atoms with Gasteiger partial charge in [-0.05, 0) is 31.5 Å². The Morgan fingerprint density at radius 3 is 2.28 bits per heavy atom. The van der Waals surface area contributed by atoms with Crippen LogP contribution in [-0.4, -0.2) is 42.0 Å². The minimum atomic E-state index is 0.630. The van der Waals surface area contributed by atoms with Crippen LogP contribution in [0.1, 0.15) is 19.4 Å². The summed E-state index contributed by atoms with van der Waals surface area (Å²) in [6.45, 7) is 10.0. The molecule has 0 amide bonds. The lowest BCUT2D eigenvalue weighted by atomic mass is 10.2. The van der Waals surface area contributed by atoms with Gasteiger partial charge in [0.1, 0.15) is 0 Å². The Hall–Kier alpha value is -0.280. The Labute approximate surface area is 119 Å². The largest absolute Gasteiger partial charge is 0.298 e. The van der Waals surface area contributed by atoms with Crippen molar-refractivity contribution in [1.82, 2.24) is 9.80 Å². The average Bonchev–Trinajstić information content (AvgIpc) is 2.34. The maximum Gasteiger partial charge on any atom is 0.0595 e. The zero-order chi connectivity index (χ0) is 13.1. The van der Waals surface area contributed by atoms with E-state index >= 15 is 0 Å². The molecule has 0 radical (unpaired) electrons. The van der Waals surface area contributed by atoms with Crippen molar-refractivity contribution in [2.75, 3.05) is 26.2 Å². The van der Waals surface area contributed by atoms with Crippen molar-refractivity contribution in [3.63, 3.8) is 0 Å². The number of hydrogen-bond donors (Lipinski definition) is 0. The summed E-state index contributed by atoms with van der Waals surface area (Å²) in [4.78, 5) is 4.99. The first-order valence-electron chi connectivity index (χ1n) is 6.46. The van der Waals surface area contributed by atoms with E-state index < -0.39 is 0 Å². The predicted molar refractivity (Wildman–Crippen MR) is 78.4 cm³/mol. The molecule has 0 spiro atoms. The first kappa shape index (κ1) is 14.1. The van der Waals surface area contributed by atoms with Gasteiger partial charge in [-0.2, -0.15) is 0 Å². The summed E-state index contributed by atoms with van der Waals surface area (Å²) in [6.07, 6.45) is 0. The SMILES string of the molecule is CC(C)N1CCN(Cc2ccc(Cl)c(Cl)c2)CC1. The second-order valence-corrected chi connectivity index (χ2v) is 5.97. The molecule has 100 valence electrons. The summed E-state index contributed by atoms with van der Waals surface area (Å²) in [5, 5.41) is 1.28. The quantitative estimate of drug-likeness (QED) is 0.839. The maximum atomic E-state index is 6.04. The number of benzene rings is 1. The van der Waals surface area contributed by atoms with Crippen LogP contribution in [0, 0.1) is 0 Å². The van der Waals surface area contributed by atoms with E-state index in [1.807, 2.05) is 12.1 Å². The summed E-state index contributed by atoms with van der Waals surface area (Å²) in [7, 11) is 0. The van der Waals surface area contributed by atoms with Crippen LogP contribution in [0.5, 0.6) is 0 Å². The summed E-state index contributed by atoms with van der Waals surface area (Å²) >= 11 is 12.0. The maximum absolute atomic E-state index is 6.04. The minimum absolute atomic E-state index is 0.630. The van der Waals surface area contributed by atoms with Gasteiger partial charge in [0.15, 0.2) is 0 Å². The number of nitrogens with zero attached hydrogens (tertiary/aromatic N) is 2. The standard InChI is InChI=1S/C14H20Cl2N2/c1-11(2)18-7-5-17(6-8-18)10-12-3-4-13(15)14(16)9-12/h3-4,9,11H,5-8,10H2,1-2H3. The van der Waals surface area contributed by atoms with Gasteiger partial charge < -0.3 is 0 Å². The fourth-order valence-electron chi connectivity index (χ4n) is 2.33. The Morgan fingerprint density at radius 1 is 1.06 bits per heavy atom. The molecule has 0 aromatic heterocycles. The van der Waals surface area contributed by atoms with E-state index in [1.54, 1.807) is 0 Å². The van der Waals surface area contributed by atoms with Crippen LogP contribution >= 0.6 is 23.2 Å². The highest BCUT2D eigenvalue weighted by Gasteiger charge is 2.18. The van der Waals surface area contributed by atoms with E-state index in [9.17, 15) is 0 Å². The van der Waals surface area contributed by atoms with Crippen molar-refractivity contribution >= 4 is 23.2 Å². The summed E-state index contributed by atoms with van der Waals surface area (Å²) in [5.74, 6) is 0. The topological polar surface area (TPSA) is 6.48 Å². The molecule has 0 aliphatic carbocycles. The monoisotopic (exact) mass is 286 g/mol. The van der Waals surface area contributed by atoms with Gasteiger partial charge >= 0.3 is 0 Å². The third-order valence-corrected chi connectivity index (χ3v) is 4.27. The molecule has 0 atom stereocenters. The van der Waals surface area contributed by atoms with E-state index in [-0.39, 0.29) is 0 Å². The zero-order valence-electron chi connectivity index (χ0n) is 11.0. The van der Waals surface area contributed by atoms with Crippen LogP contribution in [0.25, 0.3) is 0 Å². The highest BCUT2D eigenvalue weighted by molar-refractivity contribution is 6.42. The van der Waals surface area contributed by atoms with E-state index in [2.05, 4.69) is 29.7 Å². The van der Waals surface area contributed by atoms with Gasteiger partial charge in [-0.25, -0.2) is 0 Å². The predicted octanol–water partition coefficient (Wildman–Crippen LogP) is 3.52. The molecule has 1 heterocycles. The zero-order valence-corrected chi connectivity index (χ0v) is 12.5. The van der Waals surface area contributed by atoms with Crippen LogP contribution in [-0.2, 0) is 6.54 Å². The Bertz CT molecular complexity index is 399. The first-order chi connectivity index (χ1) is 8.56. The highest BCUT2D eigenvalue weighted by atomic mass is 35.5. The Kier molecular flexibility index (Phi) is 4.91. The summed E-state index contributed by atoms with van der Waals surface area (Å²) < 4.78 is 0. The normalized spacial score (nSPS) is 18.5. The summed E-state index contributed by atoms with van der Waals surface area (Å²) in [6, 6.07) is 6.56. The molecular weight excluding hydrogens is 267 g/mol. The van der Waals surface area contributed by atoms with Crippen molar-refractivity contribution in [3.8, 4) is 0 Å². The van der Waals surface area contributed by atoms with Gasteiger partial charge in [-0.1, -0.05) is 29.3 Å². The number of hydrogen-bond acceptors (Lipinski definition) is 2. The van der Waals surface area contributed by atoms with Crippen molar-refractivity contribution < 1.29 is 0 Å². The van der Waals surface area contributed by atoms with Crippen molar-refractivity contribution in [3.05, 3.63) is 33.8 Å². The molecule has 0 saturated carbocycles. The van der Waals surface area contributed by atoms with Crippen molar-refractivity contribution in [2.24, 2.45) is 0 Å². The van der Waals surface area contributed by atoms with Crippen LogP contribution in [0.3, 0.4) is 0 Å². The van der Waals surface area contributed by atoms with E-state index in [4.69, 9.17) is 23.2 Å². The third-order valence-electron chi connectivity index (χ3n) is 3.53. The second-order valence-electron chi connectivity index (χ2n) is 5.15. The fraction of sp³-hybridized carbons (Fsp3) is 0.571. The second kappa shape index (κ2) is 6.25. The highest BCUT2D eigenvalue weighted by Crippen LogP contribution is 2.23. The molecule has 0 bridgehead atoms. The lowest BCUT2D eigenvalue weighted by Crippen LogP contribution is -2.48. The van der Waals surface area contributed by atoms with E-state index in [1.165, 1.54) is 5.56 Å². The fourth-order valence-corrected chi connectivity index (χ4v) is 2.65. The Balaban J connectivity index is 1.89. The molecule has 2 nitrogen and oxygen atoms in total. The molecule has 1 aromatic carbocycles. The lowest BCUT2D eigenvalue weighted by Gasteiger charge is -2.36. The van der Waals surface area contributed by atoms with Crippen molar-refractivity contribution in [2.45, 2.75) is 26.4 Å². The van der Waals surface area contributed by atoms with Gasteiger partial charge in [0.2, 0.25) is 0 Å². The smallest absolute Gasteiger partial charge is 0.0595 e. The van der Waals surface area contributed by atoms with Gasteiger partial charge in [0.05, 0.1) is 10.0 Å². The van der Waals surface area contributed by atoms with Crippen LogP contribution in [0.15, 0.2) is 18.2 Å². The molecule has 1 aromatic rings. The number of halogens is 2.